The van der Waals surface area contributed by atoms with Gasteiger partial charge in [0.2, 0.25) is 11.8 Å². The number of amides is 2. The predicted octanol–water partition coefficient (Wildman–Crippen LogP) is 5.53. The minimum absolute atomic E-state index is 0.0892. The molecule has 3 aromatic carbocycles. The Hall–Kier alpha value is -3.65. The van der Waals surface area contributed by atoms with Crippen LogP contribution in [0.15, 0.2) is 77.7 Å². The predicted molar refractivity (Wildman–Crippen MR) is 161 cm³/mol. The van der Waals surface area contributed by atoms with Gasteiger partial charge in [-0.2, -0.15) is 0 Å². The van der Waals surface area contributed by atoms with Crippen molar-refractivity contribution in [1.29, 1.82) is 0 Å². The molecule has 1 atom stereocenters. The van der Waals surface area contributed by atoms with Crippen molar-refractivity contribution >= 4 is 27.5 Å². The van der Waals surface area contributed by atoms with E-state index in [0.717, 1.165) is 22.3 Å². The number of hydrogen-bond acceptors (Lipinski definition) is 4. The molecule has 0 spiro atoms. The average molecular weight is 564 g/mol. The number of rotatable bonds is 10. The smallest absolute Gasteiger partial charge is 0.264 e. The summed E-state index contributed by atoms with van der Waals surface area (Å²) < 4.78 is 29.1. The van der Waals surface area contributed by atoms with E-state index >= 15 is 0 Å². The van der Waals surface area contributed by atoms with Gasteiger partial charge < -0.3 is 10.2 Å². The average Bonchev–Trinajstić information content (AvgIpc) is 2.89. The molecule has 7 nitrogen and oxygen atoms in total. The molecule has 0 fully saturated rings. The van der Waals surface area contributed by atoms with Gasteiger partial charge in [0.1, 0.15) is 12.6 Å². The lowest BCUT2D eigenvalue weighted by Crippen LogP contribution is -2.55. The van der Waals surface area contributed by atoms with Crippen molar-refractivity contribution in [2.24, 2.45) is 0 Å². The van der Waals surface area contributed by atoms with Crippen LogP contribution in [0.3, 0.4) is 0 Å². The van der Waals surface area contributed by atoms with Crippen LogP contribution >= 0.6 is 0 Å². The fourth-order valence-corrected chi connectivity index (χ4v) is 5.98. The molecule has 0 aliphatic rings. The van der Waals surface area contributed by atoms with E-state index in [2.05, 4.69) is 5.32 Å². The number of carbonyl (C=O) groups is 2. The summed E-state index contributed by atoms with van der Waals surface area (Å²) in [5, 5.41) is 2.99. The number of benzene rings is 3. The van der Waals surface area contributed by atoms with Gasteiger partial charge in [0.15, 0.2) is 0 Å². The number of nitrogens with one attached hydrogen (secondary N) is 1. The van der Waals surface area contributed by atoms with Crippen LogP contribution in [0.4, 0.5) is 5.69 Å². The van der Waals surface area contributed by atoms with E-state index in [-0.39, 0.29) is 17.3 Å². The fraction of sp³-hybridized carbons (Fsp3) is 0.375. The monoisotopic (exact) mass is 563 g/mol. The van der Waals surface area contributed by atoms with Crippen LogP contribution in [0.1, 0.15) is 56.4 Å². The van der Waals surface area contributed by atoms with Crippen LogP contribution in [0.5, 0.6) is 0 Å². The summed E-state index contributed by atoms with van der Waals surface area (Å²) in [5.74, 6) is -0.739. The highest BCUT2D eigenvalue weighted by Crippen LogP contribution is 2.28. The summed E-state index contributed by atoms with van der Waals surface area (Å²) in [6.07, 6.45) is 0.369. The number of hydrogen-bond donors (Lipinski definition) is 1. The topological polar surface area (TPSA) is 86.8 Å². The normalized spacial score (nSPS) is 12.5. The summed E-state index contributed by atoms with van der Waals surface area (Å²) in [7, 11) is -4.10. The maximum Gasteiger partial charge on any atom is 0.264 e. The molecular weight excluding hydrogens is 522 g/mol. The molecule has 0 heterocycles. The number of nitrogens with zero attached hydrogens (tertiary/aromatic N) is 2. The zero-order valence-electron chi connectivity index (χ0n) is 24.6. The van der Waals surface area contributed by atoms with Crippen molar-refractivity contribution in [3.8, 4) is 0 Å². The second-order valence-corrected chi connectivity index (χ2v) is 13.1. The zero-order chi connectivity index (χ0) is 29.7. The van der Waals surface area contributed by atoms with Crippen molar-refractivity contribution in [1.82, 2.24) is 10.2 Å². The van der Waals surface area contributed by atoms with Gasteiger partial charge in [-0.05, 0) is 82.9 Å². The Morgan fingerprint density at radius 3 is 2.05 bits per heavy atom. The molecule has 0 aliphatic carbocycles. The van der Waals surface area contributed by atoms with E-state index in [1.54, 1.807) is 24.3 Å². The fourth-order valence-electron chi connectivity index (χ4n) is 4.48. The minimum atomic E-state index is -4.10. The second kappa shape index (κ2) is 12.7. The summed E-state index contributed by atoms with van der Waals surface area (Å²) in [6.45, 7) is 12.9. The van der Waals surface area contributed by atoms with E-state index in [9.17, 15) is 18.0 Å². The van der Waals surface area contributed by atoms with E-state index in [1.165, 1.54) is 21.3 Å². The van der Waals surface area contributed by atoms with Gasteiger partial charge in [-0.3, -0.25) is 13.9 Å². The zero-order valence-corrected chi connectivity index (χ0v) is 25.4. The number of sulfonamides is 1. The second-order valence-electron chi connectivity index (χ2n) is 11.3. The molecule has 0 aliphatic heterocycles. The van der Waals surface area contributed by atoms with Crippen LogP contribution in [0, 0.1) is 20.8 Å². The van der Waals surface area contributed by atoms with Gasteiger partial charge in [0.25, 0.3) is 10.0 Å². The number of carbonyl (C=O) groups excluding carboxylic acids is 2. The van der Waals surface area contributed by atoms with Crippen molar-refractivity contribution < 1.29 is 18.0 Å². The maximum absolute atomic E-state index is 14.2. The lowest BCUT2D eigenvalue weighted by Gasteiger charge is -2.35. The molecule has 0 radical (unpaired) electrons. The van der Waals surface area contributed by atoms with Gasteiger partial charge >= 0.3 is 0 Å². The van der Waals surface area contributed by atoms with Crippen LogP contribution in [-0.2, 0) is 26.2 Å². The molecule has 0 saturated heterocycles. The van der Waals surface area contributed by atoms with Crippen molar-refractivity contribution in [2.75, 3.05) is 10.8 Å². The largest absolute Gasteiger partial charge is 0.350 e. The Bertz CT molecular complexity index is 1430. The van der Waals surface area contributed by atoms with Gasteiger partial charge in [-0.1, -0.05) is 67.1 Å². The van der Waals surface area contributed by atoms with Crippen LogP contribution < -0.4 is 9.62 Å². The van der Waals surface area contributed by atoms with Crippen LogP contribution in [0.2, 0.25) is 0 Å². The Kier molecular flexibility index (Phi) is 9.79. The van der Waals surface area contributed by atoms with Crippen LogP contribution in [0.25, 0.3) is 0 Å². The lowest BCUT2D eigenvalue weighted by molar-refractivity contribution is -0.141. The molecule has 8 heteroatoms. The Balaban J connectivity index is 2.10. The van der Waals surface area contributed by atoms with Crippen molar-refractivity contribution in [2.45, 2.75) is 77.9 Å². The molecule has 3 aromatic rings. The van der Waals surface area contributed by atoms with Gasteiger partial charge in [0.05, 0.1) is 10.6 Å². The Labute approximate surface area is 239 Å². The molecule has 0 saturated carbocycles. The molecular formula is C32H41N3O4S. The van der Waals surface area contributed by atoms with Gasteiger partial charge in [-0.15, -0.1) is 0 Å². The summed E-state index contributed by atoms with van der Waals surface area (Å²) in [5.41, 5.74) is 3.46. The third-order valence-corrected chi connectivity index (χ3v) is 8.37. The summed E-state index contributed by atoms with van der Waals surface area (Å²) in [4.78, 5) is 29.2. The number of aryl methyl sites for hydroxylation is 3. The first kappa shape index (κ1) is 30.9. The van der Waals surface area contributed by atoms with Crippen molar-refractivity contribution in [3.05, 3.63) is 95.1 Å². The molecule has 1 N–H and O–H groups in total. The highest BCUT2D eigenvalue weighted by atomic mass is 32.2. The minimum Gasteiger partial charge on any atom is -0.350 e. The number of anilines is 1. The molecule has 40 heavy (non-hydrogen) atoms. The van der Waals surface area contributed by atoms with E-state index in [1.807, 2.05) is 84.9 Å². The molecule has 0 unspecified atom stereocenters. The highest BCUT2D eigenvalue weighted by Gasteiger charge is 2.35. The molecule has 3 rings (SSSR count). The van der Waals surface area contributed by atoms with Crippen LogP contribution in [-0.4, -0.2) is 43.3 Å². The third-order valence-electron chi connectivity index (χ3n) is 6.60. The standard InChI is InChI=1S/C32H41N3O4S/c1-8-28(31(37)33-32(5,6)7)34(21-26-18-15-23(2)16-19-26)30(36)22-35(29-20-24(3)14-17-25(29)4)40(38,39)27-12-10-9-11-13-27/h9-20,28H,8,21-22H2,1-7H3,(H,33,37)/t28-/m1/s1. The highest BCUT2D eigenvalue weighted by molar-refractivity contribution is 7.92. The first-order valence-electron chi connectivity index (χ1n) is 13.5. The van der Waals surface area contributed by atoms with E-state index in [4.69, 9.17) is 0 Å². The third kappa shape index (κ3) is 7.72. The van der Waals surface area contributed by atoms with E-state index in [0.29, 0.717) is 12.1 Å². The van der Waals surface area contributed by atoms with E-state index < -0.39 is 34.1 Å². The Morgan fingerprint density at radius 1 is 0.875 bits per heavy atom. The SMILES string of the molecule is CC[C@H](C(=O)NC(C)(C)C)N(Cc1ccc(C)cc1)C(=O)CN(c1cc(C)ccc1C)S(=O)(=O)c1ccccc1. The summed E-state index contributed by atoms with van der Waals surface area (Å²) in [6, 6.07) is 20.6. The molecule has 214 valence electrons. The maximum atomic E-state index is 14.2. The lowest BCUT2D eigenvalue weighted by atomic mass is 10.1. The van der Waals surface area contributed by atoms with Gasteiger partial charge in [0, 0.05) is 12.1 Å². The summed E-state index contributed by atoms with van der Waals surface area (Å²) >= 11 is 0. The first-order valence-corrected chi connectivity index (χ1v) is 15.0. The quantitative estimate of drug-likeness (QED) is 0.352. The molecule has 2 amide bonds. The molecule has 0 aromatic heterocycles. The first-order chi connectivity index (χ1) is 18.7. The Morgan fingerprint density at radius 2 is 1.48 bits per heavy atom. The molecule has 0 bridgehead atoms. The van der Waals surface area contributed by atoms with Gasteiger partial charge in [-0.25, -0.2) is 8.42 Å². The van der Waals surface area contributed by atoms with Crippen molar-refractivity contribution in [3.63, 3.8) is 0 Å².